The van der Waals surface area contributed by atoms with Crippen molar-refractivity contribution in [1.29, 1.82) is 0 Å². The van der Waals surface area contributed by atoms with E-state index >= 15 is 0 Å². The van der Waals surface area contributed by atoms with Crippen LogP contribution in [-0.4, -0.2) is 45.1 Å². The largest absolute Gasteiger partial charge is 0.481 e. The van der Waals surface area contributed by atoms with Crippen LogP contribution in [-0.2, 0) is 14.4 Å². The molecule has 0 aromatic carbocycles. The molecule has 0 saturated heterocycles. The van der Waals surface area contributed by atoms with Crippen LogP contribution in [0.25, 0.3) is 0 Å². The Morgan fingerprint density at radius 3 is 2.42 bits per heavy atom. The van der Waals surface area contributed by atoms with Gasteiger partial charge in [-0.2, -0.15) is 0 Å². The van der Waals surface area contributed by atoms with E-state index in [-0.39, 0.29) is 40.2 Å². The number of carboxylic acids is 1. The highest BCUT2D eigenvalue weighted by Gasteiger charge is 2.80. The first-order valence-electron chi connectivity index (χ1n) is 13.8. The number of carboxylic acid groups (broad SMARTS) is 1. The molecular formula is C30H42O6. The maximum atomic E-state index is 14.1. The van der Waals surface area contributed by atoms with Crippen molar-refractivity contribution in [3.05, 3.63) is 23.3 Å². The number of aliphatic hydroxyl groups excluding tert-OH is 2. The fourth-order valence-electron chi connectivity index (χ4n) is 9.63. The third-order valence-electron chi connectivity index (χ3n) is 12.3. The summed E-state index contributed by atoms with van der Waals surface area (Å²) in [6.45, 7) is 13.9. The zero-order valence-corrected chi connectivity index (χ0v) is 22.4. The summed E-state index contributed by atoms with van der Waals surface area (Å²) in [5, 5.41) is 31.7. The molecule has 5 aliphatic carbocycles. The number of ketones is 2. The lowest BCUT2D eigenvalue weighted by molar-refractivity contribution is -0.145. The SMILES string of the molecule is C=C(CC[C@@H](C)[C@H]1CC[C@H]2C3=C(C(=O)[C@H](O)[C@]12C)[C@@]1(C)CC[C@@H](O)C2(C)C[C@]21CC3=O)[C@H](C)C(=O)O. The Morgan fingerprint density at radius 1 is 1.11 bits per heavy atom. The third kappa shape index (κ3) is 2.95. The predicted molar refractivity (Wildman–Crippen MR) is 135 cm³/mol. The van der Waals surface area contributed by atoms with E-state index in [0.717, 1.165) is 25.7 Å². The van der Waals surface area contributed by atoms with E-state index in [0.29, 0.717) is 42.4 Å². The minimum atomic E-state index is -1.16. The average Bonchev–Trinajstić information content (AvgIpc) is 3.30. The topological polar surface area (TPSA) is 112 Å². The van der Waals surface area contributed by atoms with Crippen molar-refractivity contribution in [1.82, 2.24) is 0 Å². The lowest BCUT2D eigenvalue weighted by Crippen LogP contribution is -2.59. The monoisotopic (exact) mass is 498 g/mol. The Morgan fingerprint density at radius 2 is 1.78 bits per heavy atom. The summed E-state index contributed by atoms with van der Waals surface area (Å²) in [6, 6.07) is 0. The fraction of sp³-hybridized carbons (Fsp3) is 0.767. The van der Waals surface area contributed by atoms with Gasteiger partial charge >= 0.3 is 5.97 Å². The average molecular weight is 499 g/mol. The van der Waals surface area contributed by atoms with Gasteiger partial charge in [-0.3, -0.25) is 14.4 Å². The number of carbonyl (C=O) groups is 3. The fourth-order valence-corrected chi connectivity index (χ4v) is 9.63. The summed E-state index contributed by atoms with van der Waals surface area (Å²) < 4.78 is 0. The molecular weight excluding hydrogens is 456 g/mol. The lowest BCUT2D eigenvalue weighted by atomic mass is 9.47. The lowest BCUT2D eigenvalue weighted by Gasteiger charge is -2.56. The Kier molecular flexibility index (Phi) is 5.64. The number of aliphatic carboxylic acids is 1. The summed E-state index contributed by atoms with van der Waals surface area (Å²) in [7, 11) is 0. The Labute approximate surface area is 214 Å². The molecule has 1 unspecified atom stereocenters. The molecule has 6 nitrogen and oxygen atoms in total. The molecule has 0 aromatic rings. The number of Topliss-reactive ketones (excluding diaryl/α,β-unsaturated/α-hetero) is 2. The molecule has 6 heteroatoms. The molecule has 1 spiro atoms. The van der Waals surface area contributed by atoms with E-state index in [9.17, 15) is 29.7 Å². The molecule has 10 atom stereocenters. The second kappa shape index (κ2) is 7.86. The number of aliphatic hydroxyl groups is 2. The smallest absolute Gasteiger partial charge is 0.310 e. The van der Waals surface area contributed by atoms with Gasteiger partial charge in [-0.25, -0.2) is 0 Å². The van der Waals surface area contributed by atoms with Gasteiger partial charge in [0, 0.05) is 33.8 Å². The van der Waals surface area contributed by atoms with Crippen molar-refractivity contribution >= 4 is 17.5 Å². The van der Waals surface area contributed by atoms with Crippen molar-refractivity contribution in [2.24, 2.45) is 45.3 Å². The number of carbonyl (C=O) groups excluding carboxylic acids is 2. The van der Waals surface area contributed by atoms with Gasteiger partial charge in [-0.15, -0.1) is 0 Å². The molecule has 3 fully saturated rings. The number of hydrogen-bond acceptors (Lipinski definition) is 5. The highest BCUT2D eigenvalue weighted by atomic mass is 16.4. The van der Waals surface area contributed by atoms with Gasteiger partial charge in [0.15, 0.2) is 11.6 Å². The van der Waals surface area contributed by atoms with Crippen LogP contribution in [0.4, 0.5) is 0 Å². The molecule has 0 radical (unpaired) electrons. The van der Waals surface area contributed by atoms with E-state index in [2.05, 4.69) is 27.4 Å². The van der Waals surface area contributed by atoms with Gasteiger partial charge in [0.2, 0.25) is 0 Å². The second-order valence-corrected chi connectivity index (χ2v) is 13.6. The number of rotatable bonds is 6. The van der Waals surface area contributed by atoms with Crippen LogP contribution in [0.2, 0.25) is 0 Å². The Bertz CT molecular complexity index is 1090. The third-order valence-corrected chi connectivity index (χ3v) is 12.3. The number of allylic oxidation sites excluding steroid dienone is 1. The molecule has 0 bridgehead atoms. The molecule has 0 amide bonds. The summed E-state index contributed by atoms with van der Waals surface area (Å²) in [5.41, 5.74) is 0.0226. The van der Waals surface area contributed by atoms with Crippen molar-refractivity contribution < 1.29 is 29.7 Å². The molecule has 198 valence electrons. The van der Waals surface area contributed by atoms with Crippen LogP contribution < -0.4 is 0 Å². The normalized spacial score (nSPS) is 46.9. The van der Waals surface area contributed by atoms with Gasteiger partial charge in [0.25, 0.3) is 0 Å². The highest BCUT2D eigenvalue weighted by Crippen LogP contribution is 2.83. The van der Waals surface area contributed by atoms with Crippen molar-refractivity contribution in [2.45, 2.75) is 98.2 Å². The Hall–Kier alpha value is -1.79. The van der Waals surface area contributed by atoms with Gasteiger partial charge in [0.1, 0.15) is 6.10 Å². The van der Waals surface area contributed by atoms with Crippen LogP contribution in [0.1, 0.15) is 86.0 Å². The van der Waals surface area contributed by atoms with Gasteiger partial charge < -0.3 is 15.3 Å². The van der Waals surface area contributed by atoms with Gasteiger partial charge in [-0.05, 0) is 75.0 Å². The predicted octanol–water partition coefficient (Wildman–Crippen LogP) is 4.48. The summed E-state index contributed by atoms with van der Waals surface area (Å²) >= 11 is 0. The minimum Gasteiger partial charge on any atom is -0.481 e. The quantitative estimate of drug-likeness (QED) is 0.466. The van der Waals surface area contributed by atoms with E-state index in [4.69, 9.17) is 0 Å². The molecule has 5 rings (SSSR count). The standard InChI is InChI=1S/C30H42O6/c1-15(17(3)26(35)36)7-8-16(2)18-9-10-19-22-20(31)13-30-14-28(30,5)21(32)11-12-27(30,4)23(22)24(33)25(34)29(18,19)6/h16-19,21,25,32,34H,1,7-14H2,2-6H3,(H,35,36)/t16-,17+,18-,19+,21-,25+,27-,28?,29-,30+/m1/s1. The molecule has 3 saturated carbocycles. The molecule has 5 aliphatic rings. The van der Waals surface area contributed by atoms with Crippen molar-refractivity contribution in [2.75, 3.05) is 0 Å². The molecule has 0 aromatic heterocycles. The minimum absolute atomic E-state index is 0.0498. The van der Waals surface area contributed by atoms with Gasteiger partial charge in [0.05, 0.1) is 12.0 Å². The molecule has 36 heavy (non-hydrogen) atoms. The first-order chi connectivity index (χ1) is 16.7. The summed E-state index contributed by atoms with van der Waals surface area (Å²) in [6.07, 6.45) is 3.74. The van der Waals surface area contributed by atoms with E-state index in [1.807, 2.05) is 6.92 Å². The molecule has 0 heterocycles. The molecule has 0 aliphatic heterocycles. The number of fused-ring (bicyclic) bond motifs is 3. The summed E-state index contributed by atoms with van der Waals surface area (Å²) in [4.78, 5) is 39.2. The van der Waals surface area contributed by atoms with Crippen molar-refractivity contribution in [3.8, 4) is 0 Å². The van der Waals surface area contributed by atoms with Crippen LogP contribution in [0.5, 0.6) is 0 Å². The molecule has 3 N–H and O–H groups in total. The maximum Gasteiger partial charge on any atom is 0.310 e. The van der Waals surface area contributed by atoms with Crippen molar-refractivity contribution in [3.63, 3.8) is 0 Å². The van der Waals surface area contributed by atoms with Gasteiger partial charge in [-0.1, -0.05) is 39.8 Å². The first-order valence-corrected chi connectivity index (χ1v) is 13.8. The van der Waals surface area contributed by atoms with E-state index in [1.165, 1.54) is 0 Å². The first kappa shape index (κ1) is 25.8. The van der Waals surface area contributed by atoms with Crippen LogP contribution in [0.15, 0.2) is 23.3 Å². The second-order valence-electron chi connectivity index (χ2n) is 13.6. The maximum absolute atomic E-state index is 14.1. The summed E-state index contributed by atoms with van der Waals surface area (Å²) in [5.74, 6) is -1.64. The van der Waals surface area contributed by atoms with Crippen LogP contribution >= 0.6 is 0 Å². The highest BCUT2D eigenvalue weighted by molar-refractivity contribution is 6.13. The van der Waals surface area contributed by atoms with Crippen LogP contribution in [0.3, 0.4) is 0 Å². The van der Waals surface area contributed by atoms with Crippen LogP contribution in [0, 0.1) is 45.3 Å². The number of hydrogen-bond donors (Lipinski definition) is 3. The zero-order chi connectivity index (χ0) is 26.6. The van der Waals surface area contributed by atoms with E-state index in [1.54, 1.807) is 6.92 Å². The zero-order valence-electron chi connectivity index (χ0n) is 22.4. The Balaban J connectivity index is 1.48. The van der Waals surface area contributed by atoms with E-state index < -0.39 is 34.9 Å².